The Morgan fingerprint density at radius 3 is 2.71 bits per heavy atom. The van der Waals surface area contributed by atoms with Crippen molar-refractivity contribution >= 4 is 33.4 Å². The van der Waals surface area contributed by atoms with Crippen LogP contribution in [-0.4, -0.2) is 43.6 Å². The van der Waals surface area contributed by atoms with Crippen LogP contribution in [0.2, 0.25) is 0 Å². The van der Waals surface area contributed by atoms with Crippen LogP contribution < -0.4 is 9.47 Å². The molecule has 2 atom stereocenters. The van der Waals surface area contributed by atoms with E-state index >= 15 is 0 Å². The molecule has 166 valence electrons. The van der Waals surface area contributed by atoms with Crippen LogP contribution in [0.3, 0.4) is 0 Å². The minimum absolute atomic E-state index is 0.0352. The molecular weight excluding hydrogens is 466 g/mol. The van der Waals surface area contributed by atoms with E-state index in [-0.39, 0.29) is 25.3 Å². The number of carbonyl (C=O) groups excluding carboxylic acids is 2. The van der Waals surface area contributed by atoms with Gasteiger partial charge in [-0.1, -0.05) is 15.9 Å². The van der Waals surface area contributed by atoms with Gasteiger partial charge in [0.15, 0.2) is 17.3 Å². The third-order valence-corrected chi connectivity index (χ3v) is 6.38. The number of carbonyl (C=O) groups is 2. The first-order valence-corrected chi connectivity index (χ1v) is 11.3. The summed E-state index contributed by atoms with van der Waals surface area (Å²) in [6, 6.07) is 3.68. The summed E-state index contributed by atoms with van der Waals surface area (Å²) in [6.07, 6.45) is 2.00. The van der Waals surface area contributed by atoms with Crippen molar-refractivity contribution in [1.29, 1.82) is 0 Å². The maximum absolute atomic E-state index is 13.2. The number of esters is 1. The molecular formula is C23H26BrNO6. The molecule has 0 saturated carbocycles. The van der Waals surface area contributed by atoms with Gasteiger partial charge >= 0.3 is 5.97 Å². The largest absolute Gasteiger partial charge is 0.463 e. The van der Waals surface area contributed by atoms with E-state index in [9.17, 15) is 9.59 Å². The lowest BCUT2D eigenvalue weighted by Gasteiger charge is -2.35. The van der Waals surface area contributed by atoms with Crippen LogP contribution in [0.1, 0.15) is 51.5 Å². The number of hydrogen-bond donors (Lipinski definition) is 0. The van der Waals surface area contributed by atoms with E-state index in [1.54, 1.807) is 0 Å². The zero-order valence-corrected chi connectivity index (χ0v) is 19.5. The molecule has 1 aromatic rings. The minimum Gasteiger partial charge on any atom is -0.463 e. The Morgan fingerprint density at radius 1 is 1.23 bits per heavy atom. The Balaban J connectivity index is 1.72. The summed E-state index contributed by atoms with van der Waals surface area (Å²) in [6.45, 7) is 6.29. The van der Waals surface area contributed by atoms with E-state index < -0.39 is 17.8 Å². The van der Waals surface area contributed by atoms with Crippen molar-refractivity contribution in [3.8, 4) is 11.5 Å². The van der Waals surface area contributed by atoms with Crippen molar-refractivity contribution in [3.63, 3.8) is 0 Å². The van der Waals surface area contributed by atoms with Gasteiger partial charge in [0.25, 0.3) is 0 Å². The molecule has 1 aromatic carbocycles. The van der Waals surface area contributed by atoms with Crippen molar-refractivity contribution in [1.82, 2.24) is 0 Å². The second-order valence-electron chi connectivity index (χ2n) is 8.16. The predicted octanol–water partition coefficient (Wildman–Crippen LogP) is 4.33. The molecule has 0 aromatic heterocycles. The molecule has 2 heterocycles. The van der Waals surface area contributed by atoms with Crippen molar-refractivity contribution in [2.45, 2.75) is 52.1 Å². The van der Waals surface area contributed by atoms with E-state index in [1.807, 2.05) is 32.9 Å². The highest BCUT2D eigenvalue weighted by Gasteiger charge is 2.44. The van der Waals surface area contributed by atoms with Gasteiger partial charge in [-0.25, -0.2) is 0 Å². The Labute approximate surface area is 189 Å². The van der Waals surface area contributed by atoms with Crippen molar-refractivity contribution in [2.75, 3.05) is 20.0 Å². The summed E-state index contributed by atoms with van der Waals surface area (Å²) in [5, 5.41) is 0. The molecule has 0 saturated heterocycles. The summed E-state index contributed by atoms with van der Waals surface area (Å²) in [4.78, 5) is 30.9. The van der Waals surface area contributed by atoms with E-state index in [0.717, 1.165) is 28.6 Å². The van der Waals surface area contributed by atoms with Crippen molar-refractivity contribution in [3.05, 3.63) is 33.4 Å². The maximum Gasteiger partial charge on any atom is 0.315 e. The van der Waals surface area contributed by atoms with Crippen LogP contribution in [0.4, 0.5) is 0 Å². The van der Waals surface area contributed by atoms with Gasteiger partial charge in [-0.05, 0) is 51.3 Å². The highest BCUT2D eigenvalue weighted by atomic mass is 79.9. The highest BCUT2D eigenvalue weighted by molar-refractivity contribution is 9.10. The number of ether oxygens (including phenoxy) is 4. The lowest BCUT2D eigenvalue weighted by Crippen LogP contribution is -2.37. The lowest BCUT2D eigenvalue weighted by atomic mass is 9.71. The summed E-state index contributed by atoms with van der Waals surface area (Å²) in [5.41, 5.74) is 2.83. The molecule has 0 spiro atoms. The molecule has 3 aliphatic rings. The Kier molecular flexibility index (Phi) is 6.48. The van der Waals surface area contributed by atoms with Crippen LogP contribution >= 0.6 is 15.9 Å². The number of nitrogens with zero attached hydrogens (tertiary/aromatic N) is 1. The lowest BCUT2D eigenvalue weighted by molar-refractivity contribution is -0.148. The van der Waals surface area contributed by atoms with E-state index in [2.05, 4.69) is 20.9 Å². The fourth-order valence-corrected chi connectivity index (χ4v) is 4.90. The van der Waals surface area contributed by atoms with E-state index in [1.165, 1.54) is 0 Å². The van der Waals surface area contributed by atoms with Crippen LogP contribution in [-0.2, 0) is 19.1 Å². The first-order valence-electron chi connectivity index (χ1n) is 10.6. The molecule has 0 bridgehead atoms. The Bertz CT molecular complexity index is 967. The van der Waals surface area contributed by atoms with Crippen molar-refractivity contribution < 1.29 is 28.5 Å². The number of fused-ring (bicyclic) bond motifs is 1. The quantitative estimate of drug-likeness (QED) is 0.435. The number of rotatable bonds is 6. The zero-order valence-electron chi connectivity index (χ0n) is 17.9. The summed E-state index contributed by atoms with van der Waals surface area (Å²) in [7, 11) is 0. The average molecular weight is 492 g/mol. The third kappa shape index (κ3) is 4.41. The van der Waals surface area contributed by atoms with Gasteiger partial charge in [-0.3, -0.25) is 14.6 Å². The summed E-state index contributed by atoms with van der Waals surface area (Å²) >= 11 is 3.62. The van der Waals surface area contributed by atoms with Gasteiger partial charge < -0.3 is 18.9 Å². The normalized spacial score (nSPS) is 22.5. The first kappa shape index (κ1) is 22.0. The number of hydrogen-bond acceptors (Lipinski definition) is 7. The number of halogens is 1. The molecule has 1 unspecified atom stereocenters. The molecule has 2 aliphatic heterocycles. The molecule has 4 rings (SSSR count). The van der Waals surface area contributed by atoms with Gasteiger partial charge in [0.2, 0.25) is 6.79 Å². The minimum atomic E-state index is -0.698. The van der Waals surface area contributed by atoms with Crippen LogP contribution in [0.5, 0.6) is 11.5 Å². The predicted molar refractivity (Wildman–Crippen MR) is 118 cm³/mol. The molecule has 0 fully saturated rings. The van der Waals surface area contributed by atoms with E-state index in [4.69, 9.17) is 18.9 Å². The summed E-state index contributed by atoms with van der Waals surface area (Å²) in [5.74, 6) is -0.340. The zero-order chi connectivity index (χ0) is 22.1. The van der Waals surface area contributed by atoms with Gasteiger partial charge in [0.1, 0.15) is 12.5 Å². The van der Waals surface area contributed by atoms with Gasteiger partial charge in [0.05, 0.1) is 12.7 Å². The topological polar surface area (TPSA) is 83.4 Å². The SMILES string of the molecule is CC1=NC2=C(C(=O)CCC2)[C@@H](c2cc3c(cc2Br)OCO3)C1C(=O)OCCOC(C)C. The molecule has 0 amide bonds. The molecule has 1 aliphatic carbocycles. The van der Waals surface area contributed by atoms with Gasteiger partial charge in [-0.15, -0.1) is 0 Å². The van der Waals surface area contributed by atoms with E-state index in [0.29, 0.717) is 35.8 Å². The fraction of sp³-hybridized carbons (Fsp3) is 0.522. The Morgan fingerprint density at radius 2 is 1.97 bits per heavy atom. The van der Waals surface area contributed by atoms with Crippen LogP contribution in [0, 0.1) is 5.92 Å². The van der Waals surface area contributed by atoms with Crippen LogP contribution in [0.25, 0.3) is 0 Å². The standard InChI is InChI=1S/C23H26BrNO6/c1-12(2)28-7-8-29-23(27)20-13(3)25-16-5-4-6-17(26)22(16)21(20)14-9-18-19(10-15(14)24)31-11-30-18/h9-10,12,20-21H,4-8,11H2,1-3H3/t20?,21-/m0/s1. The number of aliphatic imine (C=N–C) groups is 1. The highest BCUT2D eigenvalue weighted by Crippen LogP contribution is 2.48. The molecule has 0 radical (unpaired) electrons. The molecule has 8 heteroatoms. The molecule has 7 nitrogen and oxygen atoms in total. The summed E-state index contributed by atoms with van der Waals surface area (Å²) < 4.78 is 22.8. The maximum atomic E-state index is 13.2. The smallest absolute Gasteiger partial charge is 0.315 e. The van der Waals surface area contributed by atoms with Crippen molar-refractivity contribution in [2.24, 2.45) is 10.9 Å². The number of Topliss-reactive ketones (excluding diaryl/α,β-unsaturated/α-hetero) is 1. The number of allylic oxidation sites excluding steroid dienone is 2. The average Bonchev–Trinajstić information content (AvgIpc) is 3.16. The number of benzene rings is 1. The van der Waals surface area contributed by atoms with Gasteiger partial charge in [-0.2, -0.15) is 0 Å². The molecule has 31 heavy (non-hydrogen) atoms. The number of ketones is 1. The monoisotopic (exact) mass is 491 g/mol. The Hall–Kier alpha value is -2.19. The third-order valence-electron chi connectivity index (χ3n) is 5.69. The second-order valence-corrected chi connectivity index (χ2v) is 9.01. The fourth-order valence-electron chi connectivity index (χ4n) is 4.33. The molecule has 0 N–H and O–H groups in total. The van der Waals surface area contributed by atoms with Crippen LogP contribution in [0.15, 0.2) is 32.9 Å². The second kappa shape index (κ2) is 9.12. The van der Waals surface area contributed by atoms with Gasteiger partial charge in [0, 0.05) is 33.8 Å². The first-order chi connectivity index (χ1) is 14.9.